The van der Waals surface area contributed by atoms with Crippen molar-refractivity contribution in [2.75, 3.05) is 0 Å². The number of carbonyl (C=O) groups is 1. The van der Waals surface area contributed by atoms with E-state index in [1.165, 1.54) is 30.3 Å². The van der Waals surface area contributed by atoms with E-state index in [1.54, 1.807) is 6.07 Å². The minimum absolute atomic E-state index is 0.0795. The van der Waals surface area contributed by atoms with Gasteiger partial charge in [-0.1, -0.05) is 41.3 Å². The lowest BCUT2D eigenvalue weighted by Gasteiger charge is -1.94. The Kier molecular flexibility index (Phi) is 6.17. The second-order valence-corrected chi connectivity index (χ2v) is 4.31. The normalized spacial score (nSPS) is 9.15. The van der Waals surface area contributed by atoms with E-state index in [-0.39, 0.29) is 21.2 Å². The topological polar surface area (TPSA) is 17.1 Å². The molecule has 0 spiro atoms. The van der Waals surface area contributed by atoms with E-state index in [1.807, 2.05) is 0 Å². The highest BCUT2D eigenvalue weighted by Gasteiger charge is 2.03. The van der Waals surface area contributed by atoms with Crippen LogP contribution in [-0.4, -0.2) is 6.29 Å². The highest BCUT2D eigenvalue weighted by atomic mass is 35.5. The average Bonchev–Trinajstić information content (AvgIpc) is 2.40. The molecule has 0 unspecified atom stereocenters. The lowest BCUT2D eigenvalue weighted by atomic mass is 10.2. The standard InChI is InChI=1S/C8H4ClF.C7H4ClFO/c1-2-6-7(9)4-3-5-8(6)10;8-6-2-1-3-7(9)5(6)4-10/h1,3-5H;1-4H. The average molecular weight is 313 g/mol. The molecule has 0 aliphatic heterocycles. The maximum Gasteiger partial charge on any atom is 0.154 e. The third-order valence-corrected chi connectivity index (χ3v) is 2.87. The van der Waals surface area contributed by atoms with Crippen LogP contribution in [0.4, 0.5) is 8.78 Å². The van der Waals surface area contributed by atoms with Gasteiger partial charge in [-0.15, -0.1) is 6.42 Å². The maximum atomic E-state index is 12.6. The SMILES string of the molecule is C#Cc1c(F)cccc1Cl.O=Cc1c(F)cccc1Cl. The Morgan fingerprint density at radius 2 is 1.55 bits per heavy atom. The molecule has 0 aliphatic rings. The number of carbonyl (C=O) groups excluding carboxylic acids is 1. The second kappa shape index (κ2) is 7.64. The van der Waals surface area contributed by atoms with Crippen LogP contribution < -0.4 is 0 Å². The molecule has 0 bridgehead atoms. The lowest BCUT2D eigenvalue weighted by molar-refractivity contribution is 0.112. The zero-order valence-electron chi connectivity index (χ0n) is 10.0. The zero-order chi connectivity index (χ0) is 15.1. The van der Waals surface area contributed by atoms with Gasteiger partial charge in [0.25, 0.3) is 0 Å². The van der Waals surface area contributed by atoms with E-state index >= 15 is 0 Å². The molecule has 0 N–H and O–H groups in total. The Morgan fingerprint density at radius 3 is 1.90 bits per heavy atom. The summed E-state index contributed by atoms with van der Waals surface area (Å²) in [6, 6.07) is 8.45. The molecule has 0 atom stereocenters. The van der Waals surface area contributed by atoms with Crippen molar-refractivity contribution < 1.29 is 13.6 Å². The highest BCUT2D eigenvalue weighted by Crippen LogP contribution is 2.17. The van der Waals surface area contributed by atoms with Crippen LogP contribution in [0, 0.1) is 24.0 Å². The number of hydrogen-bond donors (Lipinski definition) is 0. The fraction of sp³-hybridized carbons (Fsp3) is 0. The molecule has 0 aromatic heterocycles. The number of hydrogen-bond acceptors (Lipinski definition) is 1. The molecule has 2 rings (SSSR count). The Labute approximate surface area is 125 Å². The van der Waals surface area contributed by atoms with Gasteiger partial charge in [0.1, 0.15) is 11.6 Å². The van der Waals surface area contributed by atoms with E-state index < -0.39 is 11.6 Å². The van der Waals surface area contributed by atoms with Gasteiger partial charge >= 0.3 is 0 Å². The first kappa shape index (κ1) is 16.2. The molecule has 102 valence electrons. The van der Waals surface area contributed by atoms with Crippen LogP contribution >= 0.6 is 23.2 Å². The van der Waals surface area contributed by atoms with Gasteiger partial charge in [0, 0.05) is 0 Å². The van der Waals surface area contributed by atoms with E-state index in [9.17, 15) is 13.6 Å². The summed E-state index contributed by atoms with van der Waals surface area (Å²) in [5.74, 6) is 1.13. The molecule has 0 amide bonds. The second-order valence-electron chi connectivity index (χ2n) is 3.49. The Balaban J connectivity index is 0.000000200. The first-order chi connectivity index (χ1) is 9.51. The molecule has 0 heterocycles. The fourth-order valence-electron chi connectivity index (χ4n) is 1.26. The van der Waals surface area contributed by atoms with Crippen molar-refractivity contribution in [2.45, 2.75) is 0 Å². The molecule has 2 aromatic rings. The molecule has 0 fully saturated rings. The van der Waals surface area contributed by atoms with Crippen LogP contribution in [0.2, 0.25) is 10.0 Å². The quantitative estimate of drug-likeness (QED) is 0.548. The summed E-state index contributed by atoms with van der Waals surface area (Å²) in [5.41, 5.74) is 0.0494. The molecule has 0 radical (unpaired) electrons. The first-order valence-corrected chi connectivity index (χ1v) is 6.06. The van der Waals surface area contributed by atoms with Crippen molar-refractivity contribution in [3.8, 4) is 12.3 Å². The Morgan fingerprint density at radius 1 is 1.00 bits per heavy atom. The summed E-state index contributed by atoms with van der Waals surface area (Å²) in [7, 11) is 0. The molecule has 20 heavy (non-hydrogen) atoms. The van der Waals surface area contributed by atoms with E-state index in [0.29, 0.717) is 6.29 Å². The van der Waals surface area contributed by atoms with Crippen molar-refractivity contribution >= 4 is 29.5 Å². The highest BCUT2D eigenvalue weighted by molar-refractivity contribution is 6.33. The molecule has 1 nitrogen and oxygen atoms in total. The van der Waals surface area contributed by atoms with Gasteiger partial charge in [0.05, 0.1) is 21.2 Å². The van der Waals surface area contributed by atoms with Crippen LogP contribution in [0.15, 0.2) is 36.4 Å². The Bertz CT molecular complexity index is 623. The summed E-state index contributed by atoms with van der Waals surface area (Å²) < 4.78 is 25.2. The minimum atomic E-state index is -0.581. The zero-order valence-corrected chi connectivity index (χ0v) is 11.6. The monoisotopic (exact) mass is 312 g/mol. The number of halogens is 4. The van der Waals surface area contributed by atoms with Crippen LogP contribution in [0.3, 0.4) is 0 Å². The van der Waals surface area contributed by atoms with Crippen molar-refractivity contribution in [3.63, 3.8) is 0 Å². The summed E-state index contributed by atoms with van der Waals surface area (Å²) in [4.78, 5) is 10.1. The van der Waals surface area contributed by atoms with Crippen LogP contribution in [0.5, 0.6) is 0 Å². The molecule has 0 saturated heterocycles. The molecule has 5 heteroatoms. The molecular weight excluding hydrogens is 305 g/mol. The van der Waals surface area contributed by atoms with Gasteiger partial charge in [-0.05, 0) is 24.3 Å². The third kappa shape index (κ3) is 4.06. The van der Waals surface area contributed by atoms with Crippen molar-refractivity contribution in [1.82, 2.24) is 0 Å². The van der Waals surface area contributed by atoms with Crippen molar-refractivity contribution in [1.29, 1.82) is 0 Å². The smallest absolute Gasteiger partial charge is 0.154 e. The van der Waals surface area contributed by atoms with Gasteiger partial charge < -0.3 is 0 Å². The molecular formula is C15H8Cl2F2O. The maximum absolute atomic E-state index is 12.6. The van der Waals surface area contributed by atoms with Gasteiger partial charge in [-0.2, -0.15) is 0 Å². The largest absolute Gasteiger partial charge is 0.298 e. The number of rotatable bonds is 1. The first-order valence-electron chi connectivity index (χ1n) is 5.31. The van der Waals surface area contributed by atoms with Crippen molar-refractivity contribution in [3.05, 3.63) is 69.2 Å². The van der Waals surface area contributed by atoms with Crippen LogP contribution in [-0.2, 0) is 0 Å². The summed E-state index contributed by atoms with van der Waals surface area (Å²) in [5, 5.41) is 0.428. The molecule has 0 saturated carbocycles. The number of benzene rings is 2. The number of aldehydes is 1. The third-order valence-electron chi connectivity index (χ3n) is 2.22. The predicted molar refractivity (Wildman–Crippen MR) is 76.1 cm³/mol. The van der Waals surface area contributed by atoms with Crippen molar-refractivity contribution in [2.24, 2.45) is 0 Å². The number of terminal acetylenes is 1. The summed E-state index contributed by atoms with van der Waals surface area (Å²) >= 11 is 11.0. The van der Waals surface area contributed by atoms with Gasteiger partial charge in [-0.3, -0.25) is 4.79 Å². The molecule has 2 aromatic carbocycles. The predicted octanol–water partition coefficient (Wildman–Crippen LogP) is 4.75. The van der Waals surface area contributed by atoms with Gasteiger partial charge in [-0.25, -0.2) is 8.78 Å². The lowest BCUT2D eigenvalue weighted by Crippen LogP contribution is -1.86. The van der Waals surface area contributed by atoms with E-state index in [0.717, 1.165) is 0 Å². The minimum Gasteiger partial charge on any atom is -0.298 e. The van der Waals surface area contributed by atoms with E-state index in [2.05, 4.69) is 5.92 Å². The van der Waals surface area contributed by atoms with Crippen LogP contribution in [0.25, 0.3) is 0 Å². The van der Waals surface area contributed by atoms with E-state index in [4.69, 9.17) is 29.6 Å². The van der Waals surface area contributed by atoms with Crippen LogP contribution in [0.1, 0.15) is 15.9 Å². The van der Waals surface area contributed by atoms with Gasteiger partial charge in [0.15, 0.2) is 6.29 Å². The summed E-state index contributed by atoms with van der Waals surface area (Å²) in [6.45, 7) is 0. The summed E-state index contributed by atoms with van der Waals surface area (Å²) in [6.07, 6.45) is 5.38. The Hall–Kier alpha value is -1.89. The van der Waals surface area contributed by atoms with Gasteiger partial charge in [0.2, 0.25) is 0 Å². The fourth-order valence-corrected chi connectivity index (χ4v) is 1.68. The molecule has 0 aliphatic carbocycles.